The van der Waals surface area contributed by atoms with E-state index >= 15 is 0 Å². The summed E-state index contributed by atoms with van der Waals surface area (Å²) < 4.78 is 18.4. The summed E-state index contributed by atoms with van der Waals surface area (Å²) >= 11 is 0. The molecule has 0 saturated heterocycles. The molecule has 2 N–H and O–H groups in total. The fraction of sp³-hybridized carbons (Fsp3) is 0.0714. The van der Waals surface area contributed by atoms with Crippen LogP contribution in [0, 0.1) is 5.82 Å². The van der Waals surface area contributed by atoms with Gasteiger partial charge in [0.1, 0.15) is 5.82 Å². The van der Waals surface area contributed by atoms with Crippen LogP contribution in [0.25, 0.3) is 11.1 Å². The second-order valence-electron chi connectivity index (χ2n) is 3.81. The second-order valence-corrected chi connectivity index (χ2v) is 3.81. The standard InChI is InChI=1S/C14H12FNO2/c1-18-14(17)10-5-6-12(13(15)8-10)9-3-2-4-11(16)7-9/h2-8H,16H2,1H3. The van der Waals surface area contributed by atoms with Gasteiger partial charge in [0.25, 0.3) is 0 Å². The molecule has 2 aromatic carbocycles. The monoisotopic (exact) mass is 245 g/mol. The highest BCUT2D eigenvalue weighted by Gasteiger charge is 2.11. The first-order valence-corrected chi connectivity index (χ1v) is 5.35. The average Bonchev–Trinajstić information content (AvgIpc) is 2.37. The van der Waals surface area contributed by atoms with Crippen LogP contribution in [0.15, 0.2) is 42.5 Å². The van der Waals surface area contributed by atoms with Crippen LogP contribution in [0.1, 0.15) is 10.4 Å². The van der Waals surface area contributed by atoms with Crippen molar-refractivity contribution in [3.05, 3.63) is 53.8 Å². The van der Waals surface area contributed by atoms with Crippen LogP contribution in [0.3, 0.4) is 0 Å². The summed E-state index contributed by atoms with van der Waals surface area (Å²) in [6, 6.07) is 11.1. The van der Waals surface area contributed by atoms with Crippen molar-refractivity contribution in [1.29, 1.82) is 0 Å². The predicted molar refractivity (Wildman–Crippen MR) is 67.6 cm³/mol. The zero-order valence-corrected chi connectivity index (χ0v) is 9.81. The number of ether oxygens (including phenoxy) is 1. The third-order valence-electron chi connectivity index (χ3n) is 2.59. The van der Waals surface area contributed by atoms with Gasteiger partial charge in [0, 0.05) is 11.3 Å². The number of hydrogen-bond acceptors (Lipinski definition) is 3. The highest BCUT2D eigenvalue weighted by molar-refractivity contribution is 5.90. The Balaban J connectivity index is 2.45. The van der Waals surface area contributed by atoms with E-state index in [9.17, 15) is 9.18 Å². The lowest BCUT2D eigenvalue weighted by Crippen LogP contribution is -2.02. The van der Waals surface area contributed by atoms with Crippen LogP contribution in [0.4, 0.5) is 10.1 Å². The fourth-order valence-electron chi connectivity index (χ4n) is 1.70. The largest absolute Gasteiger partial charge is 0.465 e. The number of rotatable bonds is 2. The summed E-state index contributed by atoms with van der Waals surface area (Å²) in [4.78, 5) is 11.3. The van der Waals surface area contributed by atoms with Crippen molar-refractivity contribution in [3.8, 4) is 11.1 Å². The molecule has 18 heavy (non-hydrogen) atoms. The lowest BCUT2D eigenvalue weighted by atomic mass is 10.0. The van der Waals surface area contributed by atoms with E-state index in [1.54, 1.807) is 24.3 Å². The summed E-state index contributed by atoms with van der Waals surface area (Å²) in [6.07, 6.45) is 0. The van der Waals surface area contributed by atoms with Gasteiger partial charge in [-0.3, -0.25) is 0 Å². The lowest BCUT2D eigenvalue weighted by Gasteiger charge is -2.06. The van der Waals surface area contributed by atoms with E-state index in [-0.39, 0.29) is 5.56 Å². The predicted octanol–water partition coefficient (Wildman–Crippen LogP) is 2.86. The van der Waals surface area contributed by atoms with Gasteiger partial charge in [0.05, 0.1) is 12.7 Å². The van der Waals surface area contributed by atoms with Crippen molar-refractivity contribution >= 4 is 11.7 Å². The summed E-state index contributed by atoms with van der Waals surface area (Å²) in [5, 5.41) is 0. The van der Waals surface area contributed by atoms with E-state index in [0.29, 0.717) is 16.8 Å². The van der Waals surface area contributed by atoms with Crippen LogP contribution < -0.4 is 5.73 Å². The quantitative estimate of drug-likeness (QED) is 0.653. The van der Waals surface area contributed by atoms with Gasteiger partial charge in [-0.2, -0.15) is 0 Å². The molecule has 0 radical (unpaired) electrons. The van der Waals surface area contributed by atoms with Crippen molar-refractivity contribution in [1.82, 2.24) is 0 Å². The molecule has 0 bridgehead atoms. The maximum Gasteiger partial charge on any atom is 0.337 e. The van der Waals surface area contributed by atoms with Gasteiger partial charge < -0.3 is 10.5 Å². The minimum absolute atomic E-state index is 0.183. The fourth-order valence-corrected chi connectivity index (χ4v) is 1.70. The molecule has 0 saturated carbocycles. The van der Waals surface area contributed by atoms with Crippen molar-refractivity contribution in [2.45, 2.75) is 0 Å². The number of nitrogens with two attached hydrogens (primary N) is 1. The maximum atomic E-state index is 13.9. The van der Waals surface area contributed by atoms with Crippen LogP contribution in [-0.4, -0.2) is 13.1 Å². The van der Waals surface area contributed by atoms with Crippen LogP contribution in [0.2, 0.25) is 0 Å². The molecule has 0 amide bonds. The molecule has 3 nitrogen and oxygen atoms in total. The van der Waals surface area contributed by atoms with Crippen LogP contribution in [-0.2, 0) is 4.74 Å². The molecule has 2 rings (SSSR count). The second kappa shape index (κ2) is 4.87. The molecule has 4 heteroatoms. The van der Waals surface area contributed by atoms with Crippen LogP contribution in [0.5, 0.6) is 0 Å². The number of hydrogen-bond donors (Lipinski definition) is 1. The average molecular weight is 245 g/mol. The normalized spacial score (nSPS) is 10.1. The van der Waals surface area contributed by atoms with E-state index in [1.165, 1.54) is 19.2 Å². The first-order chi connectivity index (χ1) is 8.61. The van der Waals surface area contributed by atoms with Gasteiger partial charge in [0.15, 0.2) is 0 Å². The molecule has 0 fully saturated rings. The van der Waals surface area contributed by atoms with Gasteiger partial charge in [-0.25, -0.2) is 9.18 Å². The molecule has 0 unspecified atom stereocenters. The highest BCUT2D eigenvalue weighted by atomic mass is 19.1. The number of methoxy groups -OCH3 is 1. The highest BCUT2D eigenvalue weighted by Crippen LogP contribution is 2.25. The van der Waals surface area contributed by atoms with E-state index in [2.05, 4.69) is 4.74 Å². The van der Waals surface area contributed by atoms with E-state index in [4.69, 9.17) is 5.73 Å². The van der Waals surface area contributed by atoms with Crippen molar-refractivity contribution < 1.29 is 13.9 Å². The maximum absolute atomic E-state index is 13.9. The zero-order chi connectivity index (χ0) is 13.1. The summed E-state index contributed by atoms with van der Waals surface area (Å²) in [5.41, 5.74) is 7.46. The number of carbonyl (C=O) groups excluding carboxylic acids is 1. The molecule has 0 atom stereocenters. The first kappa shape index (κ1) is 12.1. The number of carbonyl (C=O) groups is 1. The molecule has 0 aliphatic rings. The van der Waals surface area contributed by atoms with Crippen molar-refractivity contribution in [2.75, 3.05) is 12.8 Å². The lowest BCUT2D eigenvalue weighted by molar-refractivity contribution is 0.0600. The number of halogens is 1. The number of anilines is 1. The first-order valence-electron chi connectivity index (χ1n) is 5.35. The Morgan fingerprint density at radius 3 is 2.61 bits per heavy atom. The Labute approximate surface area is 104 Å². The van der Waals surface area contributed by atoms with Crippen LogP contribution >= 0.6 is 0 Å². The van der Waals surface area contributed by atoms with Crippen molar-refractivity contribution in [3.63, 3.8) is 0 Å². The molecule has 0 heterocycles. The Morgan fingerprint density at radius 2 is 2.00 bits per heavy atom. The molecule has 0 aliphatic heterocycles. The molecular weight excluding hydrogens is 233 g/mol. The summed E-state index contributed by atoms with van der Waals surface area (Å²) in [5.74, 6) is -1.04. The van der Waals surface area contributed by atoms with Gasteiger partial charge in [-0.15, -0.1) is 0 Å². The van der Waals surface area contributed by atoms with E-state index < -0.39 is 11.8 Å². The topological polar surface area (TPSA) is 52.3 Å². The third kappa shape index (κ3) is 2.32. The SMILES string of the molecule is COC(=O)c1ccc(-c2cccc(N)c2)c(F)c1. The zero-order valence-electron chi connectivity index (χ0n) is 9.81. The van der Waals surface area contributed by atoms with E-state index in [1.807, 2.05) is 0 Å². The van der Waals surface area contributed by atoms with Crippen molar-refractivity contribution in [2.24, 2.45) is 0 Å². The van der Waals surface area contributed by atoms with Gasteiger partial charge >= 0.3 is 5.97 Å². The Bertz CT molecular complexity index is 596. The van der Waals surface area contributed by atoms with Gasteiger partial charge in [-0.1, -0.05) is 18.2 Å². The van der Waals surface area contributed by atoms with Gasteiger partial charge in [-0.05, 0) is 29.8 Å². The molecular formula is C14H12FNO2. The third-order valence-corrected chi connectivity index (χ3v) is 2.59. The molecule has 0 spiro atoms. The molecule has 2 aromatic rings. The number of esters is 1. The summed E-state index contributed by atoms with van der Waals surface area (Å²) in [6.45, 7) is 0. The minimum atomic E-state index is -0.562. The Hall–Kier alpha value is -2.36. The molecule has 0 aromatic heterocycles. The van der Waals surface area contributed by atoms with E-state index in [0.717, 1.165) is 6.07 Å². The smallest absolute Gasteiger partial charge is 0.337 e. The Morgan fingerprint density at radius 1 is 1.22 bits per heavy atom. The molecule has 92 valence electrons. The number of nitrogen functional groups attached to an aromatic ring is 1. The van der Waals surface area contributed by atoms with Gasteiger partial charge in [0.2, 0.25) is 0 Å². The minimum Gasteiger partial charge on any atom is -0.465 e. The Kier molecular flexibility index (Phi) is 3.28. The molecule has 0 aliphatic carbocycles. The summed E-state index contributed by atoms with van der Waals surface area (Å²) in [7, 11) is 1.26. The number of benzene rings is 2.